The van der Waals surface area contributed by atoms with Crippen LogP contribution < -0.4 is 11.1 Å². The van der Waals surface area contributed by atoms with Gasteiger partial charge in [-0.05, 0) is 38.8 Å². The van der Waals surface area contributed by atoms with E-state index >= 15 is 0 Å². The molecule has 0 unspecified atom stereocenters. The number of carbonyl (C=O) groups is 3. The molecule has 126 valence electrons. The zero-order chi connectivity index (χ0) is 17.6. The molecule has 0 saturated carbocycles. The lowest BCUT2D eigenvalue weighted by Crippen LogP contribution is -2.49. The van der Waals surface area contributed by atoms with Gasteiger partial charge in [-0.15, -0.1) is 0 Å². The molecule has 2 amide bonds. The fraction of sp³-hybridized carbons (Fsp3) is 0.471. The Balaban J connectivity index is 2.84. The first-order chi connectivity index (χ1) is 10.7. The van der Waals surface area contributed by atoms with Crippen LogP contribution in [0.5, 0.6) is 0 Å². The van der Waals surface area contributed by atoms with E-state index in [-0.39, 0.29) is 13.0 Å². The number of rotatable bonds is 7. The zero-order valence-corrected chi connectivity index (χ0v) is 14.0. The Hall–Kier alpha value is -2.37. The van der Waals surface area contributed by atoms with Gasteiger partial charge in [0.2, 0.25) is 5.91 Å². The molecule has 1 rings (SSSR count). The van der Waals surface area contributed by atoms with Crippen molar-refractivity contribution in [3.05, 3.63) is 34.9 Å². The highest BCUT2D eigenvalue weighted by atomic mass is 16.5. The SMILES string of the molecule is CCOC(=O)C[C@H](C)[C@H](NC(=O)c1cc(C)cc(C)c1)C(N)=O. The standard InChI is InChI=1S/C17H24N2O4/c1-5-23-14(20)9-12(4)15(16(18)21)19-17(22)13-7-10(2)6-11(3)8-13/h6-8,12,15H,5,9H2,1-4H3,(H2,18,21)(H,19,22)/t12-,15-/m0/s1. The van der Waals surface area contributed by atoms with Gasteiger partial charge in [-0.25, -0.2) is 0 Å². The molecule has 0 spiro atoms. The summed E-state index contributed by atoms with van der Waals surface area (Å²) in [6.07, 6.45) is 0.00850. The van der Waals surface area contributed by atoms with Gasteiger partial charge in [0.15, 0.2) is 0 Å². The third kappa shape index (κ3) is 5.73. The molecule has 0 fully saturated rings. The second-order valence-electron chi connectivity index (χ2n) is 5.72. The second-order valence-corrected chi connectivity index (χ2v) is 5.72. The number of amides is 2. The fourth-order valence-corrected chi connectivity index (χ4v) is 2.42. The van der Waals surface area contributed by atoms with Crippen molar-refractivity contribution in [2.45, 2.75) is 40.2 Å². The summed E-state index contributed by atoms with van der Waals surface area (Å²) < 4.78 is 4.86. The van der Waals surface area contributed by atoms with Crippen LogP contribution in [-0.2, 0) is 14.3 Å². The van der Waals surface area contributed by atoms with Crippen LogP contribution in [0.1, 0.15) is 41.8 Å². The molecule has 0 bridgehead atoms. The molecule has 0 saturated heterocycles. The summed E-state index contributed by atoms with van der Waals surface area (Å²) >= 11 is 0. The first-order valence-corrected chi connectivity index (χ1v) is 7.58. The van der Waals surface area contributed by atoms with E-state index in [0.717, 1.165) is 11.1 Å². The summed E-state index contributed by atoms with van der Waals surface area (Å²) in [5, 5.41) is 2.61. The maximum atomic E-state index is 12.3. The number of benzene rings is 1. The number of carbonyl (C=O) groups excluding carboxylic acids is 3. The number of ether oxygens (including phenoxy) is 1. The van der Waals surface area contributed by atoms with E-state index in [1.54, 1.807) is 26.0 Å². The van der Waals surface area contributed by atoms with Crippen LogP contribution in [0.4, 0.5) is 0 Å². The van der Waals surface area contributed by atoms with Crippen molar-refractivity contribution < 1.29 is 19.1 Å². The van der Waals surface area contributed by atoms with Gasteiger partial charge < -0.3 is 15.8 Å². The minimum atomic E-state index is -0.937. The summed E-state index contributed by atoms with van der Waals surface area (Å²) in [5.41, 5.74) is 7.72. The lowest BCUT2D eigenvalue weighted by atomic mass is 9.97. The predicted octanol–water partition coefficient (Wildman–Crippen LogP) is 1.48. The molecular formula is C17H24N2O4. The van der Waals surface area contributed by atoms with Gasteiger partial charge in [0.25, 0.3) is 5.91 Å². The van der Waals surface area contributed by atoms with Crippen LogP contribution in [0.2, 0.25) is 0 Å². The number of esters is 1. The molecular weight excluding hydrogens is 296 g/mol. The molecule has 1 aromatic carbocycles. The number of hydrogen-bond acceptors (Lipinski definition) is 4. The molecule has 1 aromatic rings. The summed E-state index contributed by atoms with van der Waals surface area (Å²) in [4.78, 5) is 35.5. The molecule has 6 nitrogen and oxygen atoms in total. The highest BCUT2D eigenvalue weighted by molar-refractivity contribution is 5.97. The largest absolute Gasteiger partial charge is 0.466 e. The van der Waals surface area contributed by atoms with Crippen molar-refractivity contribution in [2.75, 3.05) is 6.61 Å². The van der Waals surface area contributed by atoms with E-state index in [4.69, 9.17) is 10.5 Å². The van der Waals surface area contributed by atoms with Crippen LogP contribution in [0.15, 0.2) is 18.2 Å². The Morgan fingerprint density at radius 1 is 1.17 bits per heavy atom. The minimum absolute atomic E-state index is 0.00850. The van der Waals surface area contributed by atoms with E-state index in [1.807, 2.05) is 19.9 Å². The zero-order valence-electron chi connectivity index (χ0n) is 14.0. The lowest BCUT2D eigenvalue weighted by Gasteiger charge is -2.22. The van der Waals surface area contributed by atoms with Gasteiger partial charge in [-0.1, -0.05) is 24.1 Å². The summed E-state index contributed by atoms with van der Waals surface area (Å²) in [7, 11) is 0. The Morgan fingerprint density at radius 3 is 2.22 bits per heavy atom. The van der Waals surface area contributed by atoms with Gasteiger partial charge >= 0.3 is 5.97 Å². The van der Waals surface area contributed by atoms with Crippen molar-refractivity contribution in [2.24, 2.45) is 11.7 Å². The van der Waals surface area contributed by atoms with E-state index in [9.17, 15) is 14.4 Å². The second kappa shape index (κ2) is 8.31. The van der Waals surface area contributed by atoms with E-state index < -0.39 is 29.7 Å². The number of primary amides is 1. The maximum Gasteiger partial charge on any atom is 0.306 e. The van der Waals surface area contributed by atoms with Gasteiger partial charge in [0.1, 0.15) is 6.04 Å². The predicted molar refractivity (Wildman–Crippen MR) is 86.8 cm³/mol. The van der Waals surface area contributed by atoms with Gasteiger partial charge in [0, 0.05) is 5.56 Å². The van der Waals surface area contributed by atoms with Crippen LogP contribution in [0, 0.1) is 19.8 Å². The Morgan fingerprint density at radius 2 is 1.74 bits per heavy atom. The fourth-order valence-electron chi connectivity index (χ4n) is 2.42. The van der Waals surface area contributed by atoms with Gasteiger partial charge in [-0.2, -0.15) is 0 Å². The van der Waals surface area contributed by atoms with Crippen LogP contribution in [-0.4, -0.2) is 30.4 Å². The number of nitrogens with one attached hydrogen (secondary N) is 1. The summed E-state index contributed by atoms with van der Waals surface area (Å²) in [5.74, 6) is -1.95. The number of aryl methyl sites for hydroxylation is 2. The van der Waals surface area contributed by atoms with Crippen LogP contribution in [0.25, 0.3) is 0 Å². The molecule has 0 radical (unpaired) electrons. The van der Waals surface area contributed by atoms with E-state index in [0.29, 0.717) is 5.56 Å². The average Bonchev–Trinajstić information content (AvgIpc) is 2.42. The van der Waals surface area contributed by atoms with Crippen LogP contribution >= 0.6 is 0 Å². The minimum Gasteiger partial charge on any atom is -0.466 e. The van der Waals surface area contributed by atoms with Gasteiger partial charge in [0.05, 0.1) is 13.0 Å². The van der Waals surface area contributed by atoms with E-state index in [1.165, 1.54) is 0 Å². The van der Waals surface area contributed by atoms with Crippen molar-refractivity contribution in [3.63, 3.8) is 0 Å². The van der Waals surface area contributed by atoms with Crippen LogP contribution in [0.3, 0.4) is 0 Å². The Labute approximate surface area is 136 Å². The third-order valence-corrected chi connectivity index (χ3v) is 3.44. The van der Waals surface area contributed by atoms with Crippen molar-refractivity contribution in [1.29, 1.82) is 0 Å². The molecule has 0 aliphatic rings. The quantitative estimate of drug-likeness (QED) is 0.743. The smallest absolute Gasteiger partial charge is 0.306 e. The molecule has 0 aromatic heterocycles. The first kappa shape index (κ1) is 18.7. The van der Waals surface area contributed by atoms with Crippen molar-refractivity contribution in [3.8, 4) is 0 Å². The van der Waals surface area contributed by atoms with Gasteiger partial charge in [-0.3, -0.25) is 14.4 Å². The molecule has 6 heteroatoms. The van der Waals surface area contributed by atoms with Crippen molar-refractivity contribution in [1.82, 2.24) is 5.32 Å². The Kier molecular flexibility index (Phi) is 6.75. The Bertz CT molecular complexity index is 578. The first-order valence-electron chi connectivity index (χ1n) is 7.58. The molecule has 2 atom stereocenters. The highest BCUT2D eigenvalue weighted by Crippen LogP contribution is 2.13. The molecule has 0 aliphatic heterocycles. The summed E-state index contributed by atoms with van der Waals surface area (Å²) in [6, 6.07) is 4.48. The van der Waals surface area contributed by atoms with E-state index in [2.05, 4.69) is 5.32 Å². The molecule has 23 heavy (non-hydrogen) atoms. The monoisotopic (exact) mass is 320 g/mol. The molecule has 0 aliphatic carbocycles. The van der Waals surface area contributed by atoms with Crippen molar-refractivity contribution >= 4 is 17.8 Å². The number of nitrogens with two attached hydrogens (primary N) is 1. The topological polar surface area (TPSA) is 98.5 Å². The lowest BCUT2D eigenvalue weighted by molar-refractivity contribution is -0.144. The normalized spacial score (nSPS) is 13.0. The number of hydrogen-bond donors (Lipinski definition) is 2. The average molecular weight is 320 g/mol. The third-order valence-electron chi connectivity index (χ3n) is 3.44. The summed E-state index contributed by atoms with van der Waals surface area (Å²) in [6.45, 7) is 7.42. The molecule has 0 heterocycles. The molecule has 3 N–H and O–H groups in total. The maximum absolute atomic E-state index is 12.3. The highest BCUT2D eigenvalue weighted by Gasteiger charge is 2.27.